The van der Waals surface area contributed by atoms with Crippen LogP contribution < -0.4 is 0 Å². The van der Waals surface area contributed by atoms with Gasteiger partial charge in [0.1, 0.15) is 6.10 Å². The highest BCUT2D eigenvalue weighted by molar-refractivity contribution is 6.00. The number of ether oxygens (including phenoxy) is 1. The lowest BCUT2D eigenvalue weighted by atomic mass is 10.1. The number of hydrogen-bond acceptors (Lipinski definition) is 3. The Kier molecular flexibility index (Phi) is 5.17. The van der Waals surface area contributed by atoms with Gasteiger partial charge in [-0.1, -0.05) is 36.5 Å². The van der Waals surface area contributed by atoms with Crippen molar-refractivity contribution in [1.29, 1.82) is 0 Å². The number of allylic oxidation sites excluding steroid dienone is 6. The summed E-state index contributed by atoms with van der Waals surface area (Å²) in [5.41, 5.74) is 2.89. The fourth-order valence-corrected chi connectivity index (χ4v) is 2.87. The summed E-state index contributed by atoms with van der Waals surface area (Å²) in [6, 6.07) is 0. The fraction of sp³-hybridized carbons (Fsp3) is 0.474. The smallest absolute Gasteiger partial charge is 0.310 e. The van der Waals surface area contributed by atoms with Crippen molar-refractivity contribution in [3.8, 4) is 0 Å². The molecule has 2 rings (SSSR count). The Bertz CT molecular complexity index is 573. The highest BCUT2D eigenvalue weighted by atomic mass is 16.5. The van der Waals surface area contributed by atoms with Crippen LogP contribution in [0.2, 0.25) is 0 Å². The van der Waals surface area contributed by atoms with E-state index in [1.807, 2.05) is 32.9 Å². The van der Waals surface area contributed by atoms with Gasteiger partial charge in [0.15, 0.2) is 5.78 Å². The molecule has 0 aliphatic heterocycles. The second-order valence-corrected chi connectivity index (χ2v) is 6.33. The predicted octanol–water partition coefficient (Wildman–Crippen LogP) is 3.92. The second-order valence-electron chi connectivity index (χ2n) is 6.33. The van der Waals surface area contributed by atoms with E-state index in [1.165, 1.54) is 5.57 Å². The SMILES string of the molecule is C=CC=CCC1=C(C)C(OC(=O)C2CC2C=C(C)C)CC1=O. The van der Waals surface area contributed by atoms with Crippen LogP contribution in [0.5, 0.6) is 0 Å². The molecule has 3 heteroatoms. The third-order valence-electron chi connectivity index (χ3n) is 4.21. The number of carbonyl (C=O) groups is 2. The number of Topliss-reactive ketones (excluding diaryl/α,β-unsaturated/α-hetero) is 1. The van der Waals surface area contributed by atoms with E-state index in [1.54, 1.807) is 6.08 Å². The van der Waals surface area contributed by atoms with E-state index in [2.05, 4.69) is 12.7 Å². The van der Waals surface area contributed by atoms with Gasteiger partial charge in [-0.15, -0.1) is 0 Å². The van der Waals surface area contributed by atoms with Gasteiger partial charge in [0.25, 0.3) is 0 Å². The van der Waals surface area contributed by atoms with E-state index in [0.717, 1.165) is 17.6 Å². The quantitative estimate of drug-likeness (QED) is 0.424. The van der Waals surface area contributed by atoms with Crippen molar-refractivity contribution >= 4 is 11.8 Å². The maximum absolute atomic E-state index is 12.2. The number of ketones is 1. The molecule has 118 valence electrons. The zero-order chi connectivity index (χ0) is 16.3. The monoisotopic (exact) mass is 300 g/mol. The van der Waals surface area contributed by atoms with E-state index in [-0.39, 0.29) is 30.2 Å². The van der Waals surface area contributed by atoms with Crippen molar-refractivity contribution in [2.75, 3.05) is 0 Å². The summed E-state index contributed by atoms with van der Waals surface area (Å²) in [7, 11) is 0. The minimum atomic E-state index is -0.375. The molecular formula is C19H24O3. The maximum Gasteiger partial charge on any atom is 0.310 e. The summed E-state index contributed by atoms with van der Waals surface area (Å²) >= 11 is 0. The van der Waals surface area contributed by atoms with Gasteiger partial charge in [-0.05, 0) is 45.1 Å². The Hall–Kier alpha value is -1.90. The number of carbonyl (C=O) groups excluding carboxylic acids is 2. The Morgan fingerprint density at radius 2 is 2.14 bits per heavy atom. The minimum absolute atomic E-state index is 0.0255. The first-order chi connectivity index (χ1) is 10.4. The fourth-order valence-electron chi connectivity index (χ4n) is 2.87. The van der Waals surface area contributed by atoms with Crippen molar-refractivity contribution in [2.24, 2.45) is 11.8 Å². The molecule has 0 N–H and O–H groups in total. The molecule has 3 nitrogen and oxygen atoms in total. The van der Waals surface area contributed by atoms with Crippen molar-refractivity contribution in [3.63, 3.8) is 0 Å². The van der Waals surface area contributed by atoms with Crippen LogP contribution in [0, 0.1) is 11.8 Å². The largest absolute Gasteiger partial charge is 0.457 e. The standard InChI is InChI=1S/C19H24O3/c1-5-6-7-8-15-13(4)18(11-17(15)20)22-19(21)16-10-14(16)9-12(2)3/h5-7,9,14,16,18H,1,8,10-11H2,2-4H3. The van der Waals surface area contributed by atoms with Crippen LogP contribution in [0.4, 0.5) is 0 Å². The predicted molar refractivity (Wildman–Crippen MR) is 87.2 cm³/mol. The number of hydrogen-bond donors (Lipinski definition) is 0. The average Bonchev–Trinajstić information content (AvgIpc) is 3.14. The van der Waals surface area contributed by atoms with Crippen LogP contribution in [0.3, 0.4) is 0 Å². The third kappa shape index (κ3) is 3.85. The first kappa shape index (κ1) is 16.5. The van der Waals surface area contributed by atoms with Gasteiger partial charge in [0.2, 0.25) is 0 Å². The van der Waals surface area contributed by atoms with Gasteiger partial charge in [-0.25, -0.2) is 0 Å². The molecule has 0 aromatic carbocycles. The van der Waals surface area contributed by atoms with E-state index in [4.69, 9.17) is 4.74 Å². The summed E-state index contributed by atoms with van der Waals surface area (Å²) in [4.78, 5) is 24.2. The van der Waals surface area contributed by atoms with E-state index in [9.17, 15) is 9.59 Å². The molecule has 0 amide bonds. The Labute approximate surface area is 132 Å². The second kappa shape index (κ2) is 6.91. The molecule has 0 saturated heterocycles. The van der Waals surface area contributed by atoms with Gasteiger partial charge in [0, 0.05) is 5.57 Å². The minimum Gasteiger partial charge on any atom is -0.457 e. The molecule has 0 heterocycles. The van der Waals surface area contributed by atoms with Gasteiger partial charge >= 0.3 is 5.97 Å². The molecule has 2 aliphatic rings. The van der Waals surface area contributed by atoms with Crippen molar-refractivity contribution in [2.45, 2.75) is 46.1 Å². The molecule has 0 aromatic rings. The molecule has 1 fully saturated rings. The molecule has 0 bridgehead atoms. The van der Waals surface area contributed by atoms with Crippen LogP contribution in [-0.2, 0) is 14.3 Å². The molecule has 0 radical (unpaired) electrons. The molecule has 0 spiro atoms. The highest BCUT2D eigenvalue weighted by Gasteiger charge is 2.44. The highest BCUT2D eigenvalue weighted by Crippen LogP contribution is 2.42. The zero-order valence-electron chi connectivity index (χ0n) is 13.6. The summed E-state index contributed by atoms with van der Waals surface area (Å²) in [5.74, 6) is 0.208. The van der Waals surface area contributed by atoms with Gasteiger partial charge < -0.3 is 4.74 Å². The Morgan fingerprint density at radius 3 is 2.77 bits per heavy atom. The van der Waals surface area contributed by atoms with Crippen molar-refractivity contribution in [3.05, 3.63) is 47.6 Å². The van der Waals surface area contributed by atoms with Crippen LogP contribution in [0.15, 0.2) is 47.6 Å². The maximum atomic E-state index is 12.2. The lowest BCUT2D eigenvalue weighted by molar-refractivity contribution is -0.149. The third-order valence-corrected chi connectivity index (χ3v) is 4.21. The van der Waals surface area contributed by atoms with Gasteiger partial charge in [-0.2, -0.15) is 0 Å². The van der Waals surface area contributed by atoms with Crippen LogP contribution >= 0.6 is 0 Å². The van der Waals surface area contributed by atoms with Crippen molar-refractivity contribution in [1.82, 2.24) is 0 Å². The summed E-state index contributed by atoms with van der Waals surface area (Å²) in [6.07, 6.45) is 8.88. The summed E-state index contributed by atoms with van der Waals surface area (Å²) < 4.78 is 5.58. The molecule has 22 heavy (non-hydrogen) atoms. The molecule has 0 aromatic heterocycles. The zero-order valence-corrected chi connectivity index (χ0v) is 13.6. The number of esters is 1. The van der Waals surface area contributed by atoms with Crippen LogP contribution in [0.25, 0.3) is 0 Å². The molecule has 2 aliphatic carbocycles. The van der Waals surface area contributed by atoms with E-state index >= 15 is 0 Å². The summed E-state index contributed by atoms with van der Waals surface area (Å²) in [5, 5.41) is 0. The first-order valence-electron chi connectivity index (χ1n) is 7.80. The topological polar surface area (TPSA) is 43.4 Å². The molecule has 1 saturated carbocycles. The van der Waals surface area contributed by atoms with Gasteiger partial charge in [0.05, 0.1) is 12.3 Å². The Balaban J connectivity index is 1.95. The lowest BCUT2D eigenvalue weighted by Gasteiger charge is -2.13. The average molecular weight is 300 g/mol. The molecule has 3 unspecified atom stereocenters. The van der Waals surface area contributed by atoms with Gasteiger partial charge in [-0.3, -0.25) is 9.59 Å². The lowest BCUT2D eigenvalue weighted by Crippen LogP contribution is -2.19. The molecular weight excluding hydrogens is 276 g/mol. The first-order valence-corrected chi connectivity index (χ1v) is 7.80. The Morgan fingerprint density at radius 1 is 1.41 bits per heavy atom. The van der Waals surface area contributed by atoms with Crippen molar-refractivity contribution < 1.29 is 14.3 Å². The normalized spacial score (nSPS) is 27.2. The van der Waals surface area contributed by atoms with Crippen LogP contribution in [-0.4, -0.2) is 17.9 Å². The summed E-state index contributed by atoms with van der Waals surface area (Å²) in [6.45, 7) is 9.57. The van der Waals surface area contributed by atoms with E-state index in [0.29, 0.717) is 12.3 Å². The molecule has 3 atom stereocenters. The van der Waals surface area contributed by atoms with Crippen LogP contribution in [0.1, 0.15) is 40.0 Å². The van der Waals surface area contributed by atoms with E-state index < -0.39 is 0 Å². The number of rotatable bonds is 6.